The average Bonchev–Trinajstić information content (AvgIpc) is 3.02. The molecule has 0 bridgehead atoms. The normalized spacial score (nSPS) is 14.3. The van der Waals surface area contributed by atoms with Crippen LogP contribution in [0.4, 0.5) is 13.2 Å². The van der Waals surface area contributed by atoms with Crippen molar-refractivity contribution < 1.29 is 27.9 Å². The maximum Gasteiger partial charge on any atom is 0.435 e. The summed E-state index contributed by atoms with van der Waals surface area (Å²) in [5, 5.41) is 12.4. The number of aromatic nitrogens is 2. The van der Waals surface area contributed by atoms with Crippen LogP contribution in [0.15, 0.2) is 30.5 Å². The van der Waals surface area contributed by atoms with Crippen LogP contribution in [0.5, 0.6) is 0 Å². The van der Waals surface area contributed by atoms with Crippen molar-refractivity contribution in [2.45, 2.75) is 25.7 Å². The summed E-state index contributed by atoms with van der Waals surface area (Å²) in [6.07, 6.45) is -2.87. The lowest BCUT2D eigenvalue weighted by molar-refractivity contribution is -0.142. The molecule has 0 fully saturated rings. The Morgan fingerprint density at radius 3 is 2.60 bits per heavy atom. The van der Waals surface area contributed by atoms with Gasteiger partial charge in [-0.25, -0.2) is 4.79 Å². The zero-order valence-electron chi connectivity index (χ0n) is 13.0. The van der Waals surface area contributed by atoms with Crippen LogP contribution in [-0.4, -0.2) is 38.2 Å². The zero-order chi connectivity index (χ0) is 18.2. The average molecular weight is 353 g/mol. The summed E-state index contributed by atoms with van der Waals surface area (Å²) >= 11 is 0. The molecule has 0 radical (unpaired) electrons. The third kappa shape index (κ3) is 3.65. The molecule has 0 saturated heterocycles. The Hall–Kier alpha value is -2.84. The molecule has 1 aromatic carbocycles. The molecule has 0 aliphatic carbocycles. The third-order valence-electron chi connectivity index (χ3n) is 4.05. The predicted molar refractivity (Wildman–Crippen MR) is 79.8 cm³/mol. The first-order valence-corrected chi connectivity index (χ1v) is 7.47. The number of nitrogens with zero attached hydrogens (tertiary/aromatic N) is 3. The molecule has 2 aromatic rings. The summed E-state index contributed by atoms with van der Waals surface area (Å²) in [5.74, 6) is -1.43. The summed E-state index contributed by atoms with van der Waals surface area (Å²) in [5.41, 5.74) is 0.786. The van der Waals surface area contributed by atoms with Crippen molar-refractivity contribution in [3.8, 4) is 0 Å². The van der Waals surface area contributed by atoms with Crippen LogP contribution in [0.25, 0.3) is 0 Å². The SMILES string of the molecule is O=C(O)c1ccc2c(c1)CN(C(=O)Cn1ccc(C(F)(F)F)n1)CC2. The highest BCUT2D eigenvalue weighted by Crippen LogP contribution is 2.27. The van der Waals surface area contributed by atoms with Gasteiger partial charge in [-0.2, -0.15) is 18.3 Å². The maximum absolute atomic E-state index is 12.5. The summed E-state index contributed by atoms with van der Waals surface area (Å²) in [7, 11) is 0. The van der Waals surface area contributed by atoms with Crippen molar-refractivity contribution in [3.63, 3.8) is 0 Å². The van der Waals surface area contributed by atoms with Gasteiger partial charge in [0.15, 0.2) is 5.69 Å². The zero-order valence-corrected chi connectivity index (χ0v) is 13.0. The van der Waals surface area contributed by atoms with Gasteiger partial charge in [0, 0.05) is 19.3 Å². The van der Waals surface area contributed by atoms with Gasteiger partial charge in [-0.15, -0.1) is 0 Å². The monoisotopic (exact) mass is 353 g/mol. The minimum atomic E-state index is -4.55. The van der Waals surface area contributed by atoms with Crippen molar-refractivity contribution in [1.29, 1.82) is 0 Å². The first-order valence-electron chi connectivity index (χ1n) is 7.47. The lowest BCUT2D eigenvalue weighted by Gasteiger charge is -2.29. The number of carboxylic acid groups (broad SMARTS) is 1. The van der Waals surface area contributed by atoms with Crippen LogP contribution < -0.4 is 0 Å². The van der Waals surface area contributed by atoms with Gasteiger partial charge in [0.1, 0.15) is 6.54 Å². The van der Waals surface area contributed by atoms with E-state index in [4.69, 9.17) is 5.11 Å². The van der Waals surface area contributed by atoms with Crippen LogP contribution in [0, 0.1) is 0 Å². The molecule has 0 spiro atoms. The number of alkyl halides is 3. The molecule has 0 atom stereocenters. The van der Waals surface area contributed by atoms with E-state index in [9.17, 15) is 22.8 Å². The molecule has 3 rings (SSSR count). The molecule has 132 valence electrons. The van der Waals surface area contributed by atoms with E-state index >= 15 is 0 Å². The maximum atomic E-state index is 12.5. The highest BCUT2D eigenvalue weighted by Gasteiger charge is 2.33. The van der Waals surface area contributed by atoms with Crippen molar-refractivity contribution in [1.82, 2.24) is 14.7 Å². The number of aromatic carboxylic acids is 1. The minimum absolute atomic E-state index is 0.134. The van der Waals surface area contributed by atoms with E-state index < -0.39 is 17.8 Å². The number of amides is 1. The molecule has 6 nitrogen and oxygen atoms in total. The van der Waals surface area contributed by atoms with Gasteiger partial charge in [-0.3, -0.25) is 9.48 Å². The van der Waals surface area contributed by atoms with Crippen LogP contribution in [0.1, 0.15) is 27.2 Å². The third-order valence-corrected chi connectivity index (χ3v) is 4.05. The molecule has 1 aliphatic heterocycles. The Morgan fingerprint density at radius 2 is 1.96 bits per heavy atom. The van der Waals surface area contributed by atoms with E-state index in [0.29, 0.717) is 13.0 Å². The summed E-state index contributed by atoms with van der Waals surface area (Å²) < 4.78 is 38.6. The number of fused-ring (bicyclic) bond motifs is 1. The number of rotatable bonds is 3. The smallest absolute Gasteiger partial charge is 0.435 e. The fourth-order valence-electron chi connectivity index (χ4n) is 2.74. The molecule has 1 N–H and O–H groups in total. The minimum Gasteiger partial charge on any atom is -0.478 e. The Kier molecular flexibility index (Phi) is 4.23. The second-order valence-corrected chi connectivity index (χ2v) is 5.75. The number of carboxylic acids is 1. The molecule has 1 aliphatic rings. The molecule has 1 aromatic heterocycles. The van der Waals surface area contributed by atoms with Crippen LogP contribution >= 0.6 is 0 Å². The number of carbonyl (C=O) groups is 2. The lowest BCUT2D eigenvalue weighted by atomic mass is 9.97. The molecular formula is C16H14F3N3O3. The van der Waals surface area contributed by atoms with Crippen LogP contribution in [-0.2, 0) is 30.5 Å². The molecule has 9 heteroatoms. The quantitative estimate of drug-likeness (QED) is 0.918. The van der Waals surface area contributed by atoms with Crippen molar-refractivity contribution in [2.75, 3.05) is 6.54 Å². The number of carbonyl (C=O) groups excluding carboxylic acids is 1. The van der Waals surface area contributed by atoms with E-state index in [1.54, 1.807) is 6.07 Å². The van der Waals surface area contributed by atoms with Gasteiger partial charge in [0.2, 0.25) is 5.91 Å². The summed E-state index contributed by atoms with van der Waals surface area (Å²) in [4.78, 5) is 24.9. The van der Waals surface area contributed by atoms with Crippen LogP contribution in [0.2, 0.25) is 0 Å². The Labute approximate surface area is 140 Å². The molecule has 2 heterocycles. The second kappa shape index (κ2) is 6.23. The number of benzene rings is 1. The first kappa shape index (κ1) is 17.0. The predicted octanol–water partition coefficient (Wildman–Crippen LogP) is 2.19. The molecule has 1 amide bonds. The van der Waals surface area contributed by atoms with E-state index in [0.717, 1.165) is 28.1 Å². The van der Waals surface area contributed by atoms with E-state index in [2.05, 4.69) is 5.10 Å². The van der Waals surface area contributed by atoms with Gasteiger partial charge >= 0.3 is 12.1 Å². The number of hydrogen-bond acceptors (Lipinski definition) is 3. The van der Waals surface area contributed by atoms with Gasteiger partial charge in [-0.1, -0.05) is 6.07 Å². The van der Waals surface area contributed by atoms with Crippen molar-refractivity contribution in [2.24, 2.45) is 0 Å². The second-order valence-electron chi connectivity index (χ2n) is 5.75. The molecule has 25 heavy (non-hydrogen) atoms. The van der Waals surface area contributed by atoms with E-state index in [1.807, 2.05) is 0 Å². The van der Waals surface area contributed by atoms with E-state index in [-0.39, 0.29) is 24.6 Å². The van der Waals surface area contributed by atoms with Gasteiger partial charge in [0.25, 0.3) is 0 Å². The lowest BCUT2D eigenvalue weighted by Crippen LogP contribution is -2.38. The van der Waals surface area contributed by atoms with Gasteiger partial charge in [-0.05, 0) is 35.7 Å². The van der Waals surface area contributed by atoms with Gasteiger partial charge < -0.3 is 10.0 Å². The first-order chi connectivity index (χ1) is 11.7. The fraction of sp³-hybridized carbons (Fsp3) is 0.312. The topological polar surface area (TPSA) is 75.4 Å². The van der Waals surface area contributed by atoms with Crippen LogP contribution in [0.3, 0.4) is 0 Å². The molecule has 0 unspecified atom stereocenters. The molecular weight excluding hydrogens is 339 g/mol. The molecule has 0 saturated carbocycles. The Bertz CT molecular complexity index is 830. The summed E-state index contributed by atoms with van der Waals surface area (Å²) in [6, 6.07) is 5.58. The fourth-order valence-corrected chi connectivity index (χ4v) is 2.74. The summed E-state index contributed by atoms with van der Waals surface area (Å²) in [6.45, 7) is 0.346. The Balaban J connectivity index is 1.71. The standard InChI is InChI=1S/C16H14F3N3O3/c17-16(18,19)13-4-6-22(20-13)9-14(23)21-5-3-10-1-2-11(15(24)25)7-12(10)8-21/h1-2,4,6-7H,3,5,8-9H2,(H,24,25). The largest absolute Gasteiger partial charge is 0.478 e. The van der Waals surface area contributed by atoms with Crippen molar-refractivity contribution >= 4 is 11.9 Å². The highest BCUT2D eigenvalue weighted by molar-refractivity contribution is 5.88. The van der Waals surface area contributed by atoms with Crippen molar-refractivity contribution in [3.05, 3.63) is 52.8 Å². The number of halogens is 3. The Morgan fingerprint density at radius 1 is 1.20 bits per heavy atom. The number of hydrogen-bond donors (Lipinski definition) is 1. The van der Waals surface area contributed by atoms with E-state index in [1.165, 1.54) is 17.0 Å². The highest BCUT2D eigenvalue weighted by atomic mass is 19.4. The van der Waals surface area contributed by atoms with Gasteiger partial charge in [0.05, 0.1) is 5.56 Å².